The molecule has 674 valence electrons. The van der Waals surface area contributed by atoms with E-state index in [2.05, 4.69) is 125 Å². The maximum Gasteiger partial charge on any atom is 0.417 e. The first kappa shape index (κ1) is 113. The highest BCUT2D eigenvalue weighted by atomic mass is 19.4. The van der Waals surface area contributed by atoms with Gasteiger partial charge in [-0.25, -0.2) is 0 Å². The molecule has 10 atom stereocenters. The molecule has 0 aromatic rings. The third-order valence-corrected chi connectivity index (χ3v) is 29.4. The molecule has 1 saturated heterocycles. The van der Waals surface area contributed by atoms with Gasteiger partial charge in [0.05, 0.1) is 52.4 Å². The van der Waals surface area contributed by atoms with E-state index >= 15 is 0 Å². The SMILES string of the molecule is C.C.C.CC(C)C1CCC(=O)CC1.CC(C)C1CCC(C)(O)C1.CC(C)C1CCC(C)(O)CC1.CC(C)C1CCC(C)(O)CC1.CC(C)C1CCC(O)(C(F)(F)F)C1.CC(C)C1CCC(O)CC1.CC(C)C1CCC2(CCO2)CC1.CC(C)C1CCCC(C)(O)C1.CC(C)C1CCCC(C)(O)C1.CC(C)C1CCCC(O)C1. The summed E-state index contributed by atoms with van der Waals surface area (Å²) in [7, 11) is 0. The zero-order valence-electron chi connectivity index (χ0n) is 76.0. The number of rotatable bonds is 10. The van der Waals surface area contributed by atoms with Crippen molar-refractivity contribution in [1.82, 2.24) is 0 Å². The average Bonchev–Trinajstić information content (AvgIpc) is 1.31. The van der Waals surface area contributed by atoms with Crippen LogP contribution in [0.3, 0.4) is 0 Å². The Kier molecular flexibility index (Phi) is 53.6. The maximum atomic E-state index is 12.3. The number of ketones is 1. The molecule has 0 radical (unpaired) electrons. The molecule has 0 amide bonds. The van der Waals surface area contributed by atoms with Crippen molar-refractivity contribution in [3.8, 4) is 0 Å². The molecular formula is C99H197F3O10. The first-order valence-electron chi connectivity index (χ1n) is 46.1. The van der Waals surface area contributed by atoms with Crippen molar-refractivity contribution in [2.24, 2.45) is 118 Å². The number of aliphatic hydroxyl groups excluding tert-OH is 2. The van der Waals surface area contributed by atoms with E-state index in [1.54, 1.807) is 0 Å². The lowest BCUT2D eigenvalue weighted by atomic mass is 9.72. The number of alkyl halides is 3. The van der Waals surface area contributed by atoms with Gasteiger partial charge in [-0.05, 0) is 365 Å². The second kappa shape index (κ2) is 53.1. The smallest absolute Gasteiger partial charge is 0.393 e. The van der Waals surface area contributed by atoms with Gasteiger partial charge in [-0.1, -0.05) is 186 Å². The van der Waals surface area contributed by atoms with Crippen molar-refractivity contribution in [1.29, 1.82) is 0 Å². The molecule has 10 saturated carbocycles. The van der Waals surface area contributed by atoms with Crippen molar-refractivity contribution in [3.63, 3.8) is 0 Å². The van der Waals surface area contributed by atoms with Crippen LogP contribution < -0.4 is 0 Å². The summed E-state index contributed by atoms with van der Waals surface area (Å²) < 4.78 is 42.7. The Hall–Kier alpha value is -0.900. The van der Waals surface area contributed by atoms with Crippen LogP contribution in [0.25, 0.3) is 0 Å². The molecule has 10 aliphatic carbocycles. The van der Waals surface area contributed by atoms with E-state index in [1.165, 1.54) is 116 Å². The van der Waals surface area contributed by atoms with Gasteiger partial charge in [-0.2, -0.15) is 13.2 Å². The van der Waals surface area contributed by atoms with Gasteiger partial charge in [0, 0.05) is 12.8 Å². The molecule has 11 aliphatic rings. The van der Waals surface area contributed by atoms with Crippen LogP contribution in [0.5, 0.6) is 0 Å². The molecule has 1 aliphatic heterocycles. The molecule has 11 fully saturated rings. The summed E-state index contributed by atoms with van der Waals surface area (Å²) >= 11 is 0. The highest BCUT2D eigenvalue weighted by Gasteiger charge is 2.57. The van der Waals surface area contributed by atoms with Crippen LogP contribution in [0, 0.1) is 118 Å². The lowest BCUT2D eigenvalue weighted by Gasteiger charge is -2.47. The number of carbonyl (C=O) groups is 1. The van der Waals surface area contributed by atoms with Gasteiger partial charge in [0.1, 0.15) is 5.78 Å². The fourth-order valence-corrected chi connectivity index (χ4v) is 19.6. The van der Waals surface area contributed by atoms with Crippen LogP contribution >= 0.6 is 0 Å². The number of aliphatic hydroxyl groups is 8. The Morgan fingerprint density at radius 2 is 0.571 bits per heavy atom. The zero-order chi connectivity index (χ0) is 83.3. The molecule has 1 spiro atoms. The summed E-state index contributed by atoms with van der Waals surface area (Å²) in [4.78, 5) is 10.8. The molecule has 112 heavy (non-hydrogen) atoms. The summed E-state index contributed by atoms with van der Waals surface area (Å²) in [6.07, 6.45) is 36.7. The molecule has 13 heteroatoms. The fourth-order valence-electron chi connectivity index (χ4n) is 19.6. The van der Waals surface area contributed by atoms with E-state index in [0.29, 0.717) is 17.8 Å². The molecule has 0 aromatic carbocycles. The van der Waals surface area contributed by atoms with E-state index in [1.807, 2.05) is 48.5 Å². The molecular weight excluding hydrogens is 1410 g/mol. The van der Waals surface area contributed by atoms with Gasteiger partial charge in [-0.3, -0.25) is 4.79 Å². The Balaban J connectivity index is 0. The molecule has 1 heterocycles. The Labute approximate surface area is 694 Å². The number of hydrogen-bond acceptors (Lipinski definition) is 10. The quantitative estimate of drug-likeness (QED) is 0.105. The van der Waals surface area contributed by atoms with Gasteiger partial charge in [-0.15, -0.1) is 0 Å². The number of hydrogen-bond donors (Lipinski definition) is 8. The minimum absolute atomic E-state index is 0. The topological polar surface area (TPSA) is 188 Å². The largest absolute Gasteiger partial charge is 0.417 e. The molecule has 10 nitrogen and oxygen atoms in total. The van der Waals surface area contributed by atoms with Gasteiger partial charge in [0.15, 0.2) is 5.60 Å². The van der Waals surface area contributed by atoms with Crippen LogP contribution in [-0.4, -0.2) is 111 Å². The summed E-state index contributed by atoms with van der Waals surface area (Å²) in [6, 6.07) is 0. The van der Waals surface area contributed by atoms with E-state index < -0.39 is 11.8 Å². The van der Waals surface area contributed by atoms with Gasteiger partial charge >= 0.3 is 6.18 Å². The van der Waals surface area contributed by atoms with Crippen LogP contribution in [0.15, 0.2) is 0 Å². The average molecular weight is 1600 g/mol. The lowest BCUT2D eigenvalue weighted by molar-refractivity contribution is -0.258. The second-order valence-electron chi connectivity index (χ2n) is 43.0. The molecule has 0 bridgehead atoms. The molecule has 10 unspecified atom stereocenters. The first-order valence-corrected chi connectivity index (χ1v) is 46.1. The standard InChI is InChI=1S/C11H20O.4C10H20O.C9H15F3O.2C9H18O.C9H16O.C9H18O.3CH4/c1-9(2)10-3-5-11(6-4-10)7-8-12-11;2*1-8(2)9-4-6-10(3,11)7-5-9;2*1-8(2)9-5-4-6-10(3,11)7-9;1-6(2)7-3-4-8(13,5-7)9(10,11)12;1-7(2)8-4-5-9(3,10)6-8;2*1-7(2)8-3-5-9(10)6-4-8;1-7(2)8-4-3-5-9(10)6-8;;;/h9-10H,3-8H2,1-2H3;4*8-9,11H,4-7H2,1-3H3;6-7,13H,3-5H2,1-2H3;7-8,10H,4-6H2,1-3H3;7-10H,3-6H2,1-2H3;7-8H,3-6H2,1-2H3;7-10H,3-6H2,1-2H3;3*1H4. The molecule has 0 aromatic heterocycles. The fraction of sp³-hybridized carbons (Fsp3) is 0.990. The van der Waals surface area contributed by atoms with Gasteiger partial charge in [0.25, 0.3) is 0 Å². The first-order chi connectivity index (χ1) is 50.1. The second-order valence-corrected chi connectivity index (χ2v) is 43.0. The number of halogens is 3. The lowest BCUT2D eigenvalue weighted by Crippen LogP contribution is -2.46. The third kappa shape index (κ3) is 45.1. The highest BCUT2D eigenvalue weighted by molar-refractivity contribution is 5.79. The summed E-state index contributed by atoms with van der Waals surface area (Å²) in [6.45, 7) is 55.5. The van der Waals surface area contributed by atoms with Crippen molar-refractivity contribution in [2.75, 3.05) is 6.61 Å². The minimum atomic E-state index is -4.46. The number of carbonyl (C=O) groups excluding carboxylic acids is 1. The minimum Gasteiger partial charge on any atom is -0.393 e. The van der Waals surface area contributed by atoms with E-state index in [-0.39, 0.29) is 87.2 Å². The Bertz CT molecular complexity index is 2250. The van der Waals surface area contributed by atoms with E-state index in [0.717, 1.165) is 229 Å². The third-order valence-electron chi connectivity index (χ3n) is 29.4. The van der Waals surface area contributed by atoms with E-state index in [9.17, 15) is 58.8 Å². The van der Waals surface area contributed by atoms with Crippen LogP contribution in [0.4, 0.5) is 13.2 Å². The number of ether oxygens (including phenoxy) is 1. The predicted octanol–water partition coefficient (Wildman–Crippen LogP) is 27.0. The van der Waals surface area contributed by atoms with Crippen LogP contribution in [0.1, 0.15) is 446 Å². The van der Waals surface area contributed by atoms with Gasteiger partial charge in [0.2, 0.25) is 0 Å². The summed E-state index contributed by atoms with van der Waals surface area (Å²) in [5.74, 6) is 15.1. The van der Waals surface area contributed by atoms with Gasteiger partial charge < -0.3 is 45.6 Å². The van der Waals surface area contributed by atoms with E-state index in [4.69, 9.17) is 4.74 Å². The van der Waals surface area contributed by atoms with Crippen molar-refractivity contribution >= 4 is 5.78 Å². The predicted molar refractivity (Wildman–Crippen MR) is 473 cm³/mol. The van der Waals surface area contributed by atoms with Crippen LogP contribution in [0.2, 0.25) is 0 Å². The normalized spacial score (nSPS) is 36.0. The van der Waals surface area contributed by atoms with Crippen molar-refractivity contribution in [2.45, 2.75) is 503 Å². The molecule has 8 N–H and O–H groups in total. The Morgan fingerprint density at radius 1 is 0.304 bits per heavy atom. The monoisotopic (exact) mass is 1600 g/mol. The Morgan fingerprint density at radius 3 is 0.821 bits per heavy atom. The maximum absolute atomic E-state index is 12.3. The number of Topliss-reactive ketones (excluding diaryl/α,β-unsaturated/α-hetero) is 1. The molecule has 11 rings (SSSR count). The van der Waals surface area contributed by atoms with Crippen LogP contribution in [-0.2, 0) is 9.53 Å². The highest BCUT2D eigenvalue weighted by Crippen LogP contribution is 2.49. The van der Waals surface area contributed by atoms with Crippen molar-refractivity contribution in [3.05, 3.63) is 0 Å². The summed E-state index contributed by atoms with van der Waals surface area (Å²) in [5.41, 5.74) is -3.85. The van der Waals surface area contributed by atoms with Crippen molar-refractivity contribution < 1.29 is 63.6 Å². The summed E-state index contributed by atoms with van der Waals surface area (Å²) in [5, 5.41) is 76.4. The zero-order valence-corrected chi connectivity index (χ0v) is 76.0.